The SMILES string of the molecule is COc1ccc(N2C(c3ccc(C)cc3)=C(C(=O)c3ccc([N+](=O)[O-])cc3)[C@@H](c3ccc(C)cc3)[C@@]2(C)C(=O)Nc2cccc(Cl)c2)cc1. The van der Waals surface area contributed by atoms with Crippen molar-refractivity contribution < 1.29 is 19.2 Å². The van der Waals surface area contributed by atoms with Gasteiger partial charge in [0, 0.05) is 45.6 Å². The number of carbonyl (C=O) groups is 2. The number of ether oxygens (including phenoxy) is 1. The van der Waals surface area contributed by atoms with E-state index in [-0.39, 0.29) is 22.9 Å². The summed E-state index contributed by atoms with van der Waals surface area (Å²) in [5.41, 5.74) is 4.30. The number of aryl methyl sites for hydroxylation is 2. The highest BCUT2D eigenvalue weighted by Gasteiger charge is 2.57. The van der Waals surface area contributed by atoms with E-state index in [0.717, 1.165) is 22.3 Å². The Balaban J connectivity index is 1.68. The van der Waals surface area contributed by atoms with Crippen molar-refractivity contribution in [1.82, 2.24) is 0 Å². The number of carbonyl (C=O) groups excluding carboxylic acids is 2. The lowest BCUT2D eigenvalue weighted by molar-refractivity contribution is -0.384. The number of methoxy groups -OCH3 is 1. The molecule has 1 aliphatic heterocycles. The Hall–Kier alpha value is -5.73. The Labute approximate surface area is 289 Å². The molecule has 0 radical (unpaired) electrons. The maximum atomic E-state index is 15.0. The molecule has 0 bridgehead atoms. The van der Waals surface area contributed by atoms with E-state index in [0.29, 0.717) is 33.4 Å². The van der Waals surface area contributed by atoms with Crippen LogP contribution in [0.4, 0.5) is 17.1 Å². The first-order chi connectivity index (χ1) is 23.5. The fraction of sp³-hybridized carbons (Fsp3) is 0.150. The molecule has 1 amide bonds. The van der Waals surface area contributed by atoms with Gasteiger partial charge < -0.3 is 15.0 Å². The Morgan fingerprint density at radius 2 is 1.47 bits per heavy atom. The minimum Gasteiger partial charge on any atom is -0.497 e. The highest BCUT2D eigenvalue weighted by atomic mass is 35.5. The monoisotopic (exact) mass is 671 g/mol. The van der Waals surface area contributed by atoms with E-state index in [1.54, 1.807) is 31.4 Å². The average Bonchev–Trinajstić information content (AvgIpc) is 3.38. The van der Waals surface area contributed by atoms with E-state index >= 15 is 4.79 Å². The molecule has 0 saturated heterocycles. The molecule has 0 aromatic heterocycles. The van der Waals surface area contributed by atoms with Gasteiger partial charge in [-0.1, -0.05) is 77.3 Å². The molecular formula is C40H34ClN3O5. The summed E-state index contributed by atoms with van der Waals surface area (Å²) in [5, 5.41) is 15.0. The van der Waals surface area contributed by atoms with Gasteiger partial charge in [0.15, 0.2) is 5.78 Å². The molecule has 2 atom stereocenters. The van der Waals surface area contributed by atoms with E-state index < -0.39 is 16.4 Å². The number of hydrogen-bond donors (Lipinski definition) is 1. The third-order valence-electron chi connectivity index (χ3n) is 8.99. The van der Waals surface area contributed by atoms with Crippen molar-refractivity contribution in [2.45, 2.75) is 32.2 Å². The maximum Gasteiger partial charge on any atom is 0.269 e. The summed E-state index contributed by atoms with van der Waals surface area (Å²) in [7, 11) is 1.58. The van der Waals surface area contributed by atoms with Crippen LogP contribution in [0.2, 0.25) is 5.02 Å². The number of nitrogens with one attached hydrogen (secondary N) is 1. The lowest BCUT2D eigenvalue weighted by atomic mass is 9.74. The molecule has 6 rings (SSSR count). The predicted octanol–water partition coefficient (Wildman–Crippen LogP) is 9.17. The molecular weight excluding hydrogens is 638 g/mol. The van der Waals surface area contributed by atoms with Crippen LogP contribution < -0.4 is 15.0 Å². The van der Waals surface area contributed by atoms with Gasteiger partial charge in [0.1, 0.15) is 11.3 Å². The van der Waals surface area contributed by atoms with Gasteiger partial charge in [-0.25, -0.2) is 0 Å². The minimum atomic E-state index is -1.43. The fourth-order valence-electron chi connectivity index (χ4n) is 6.46. The van der Waals surface area contributed by atoms with Crippen LogP contribution in [-0.4, -0.2) is 29.3 Å². The Kier molecular flexibility index (Phi) is 9.08. The number of nitro benzene ring substituents is 1. The van der Waals surface area contributed by atoms with Gasteiger partial charge in [-0.2, -0.15) is 0 Å². The molecule has 1 N–H and O–H groups in total. The zero-order valence-electron chi connectivity index (χ0n) is 27.4. The molecule has 0 spiro atoms. The zero-order chi connectivity index (χ0) is 34.9. The van der Waals surface area contributed by atoms with E-state index in [4.69, 9.17) is 16.3 Å². The summed E-state index contributed by atoms with van der Waals surface area (Å²) < 4.78 is 5.47. The molecule has 0 unspecified atom stereocenters. The van der Waals surface area contributed by atoms with E-state index in [1.807, 2.05) is 98.5 Å². The fourth-order valence-corrected chi connectivity index (χ4v) is 6.65. The predicted molar refractivity (Wildman–Crippen MR) is 193 cm³/mol. The molecule has 0 saturated carbocycles. The smallest absolute Gasteiger partial charge is 0.269 e. The van der Waals surface area contributed by atoms with Crippen LogP contribution in [0.5, 0.6) is 5.75 Å². The maximum absolute atomic E-state index is 15.0. The van der Waals surface area contributed by atoms with Crippen molar-refractivity contribution in [3.05, 3.63) is 170 Å². The first-order valence-corrected chi connectivity index (χ1v) is 16.1. The lowest BCUT2D eigenvalue weighted by Crippen LogP contribution is -2.55. The van der Waals surface area contributed by atoms with Crippen LogP contribution in [0.15, 0.2) is 127 Å². The van der Waals surface area contributed by atoms with Gasteiger partial charge in [0.05, 0.1) is 17.7 Å². The van der Waals surface area contributed by atoms with Crippen LogP contribution in [0, 0.1) is 24.0 Å². The van der Waals surface area contributed by atoms with Gasteiger partial charge >= 0.3 is 0 Å². The van der Waals surface area contributed by atoms with Crippen LogP contribution in [0.1, 0.15) is 45.5 Å². The van der Waals surface area contributed by atoms with Gasteiger partial charge in [0.25, 0.3) is 11.6 Å². The number of benzene rings is 5. The third kappa shape index (κ3) is 6.30. The van der Waals surface area contributed by atoms with E-state index in [1.165, 1.54) is 24.3 Å². The number of nitrogens with zero attached hydrogens (tertiary/aromatic N) is 2. The highest BCUT2D eigenvalue weighted by Crippen LogP contribution is 2.55. The summed E-state index contributed by atoms with van der Waals surface area (Å²) in [6.07, 6.45) is 0. The molecule has 5 aromatic rings. The van der Waals surface area contributed by atoms with Crippen molar-refractivity contribution in [2.75, 3.05) is 17.3 Å². The molecule has 1 heterocycles. The van der Waals surface area contributed by atoms with E-state index in [9.17, 15) is 14.9 Å². The largest absolute Gasteiger partial charge is 0.497 e. The topological polar surface area (TPSA) is 102 Å². The molecule has 0 fully saturated rings. The number of nitro groups is 1. The number of amides is 1. The van der Waals surface area contributed by atoms with Crippen molar-refractivity contribution in [3.63, 3.8) is 0 Å². The minimum absolute atomic E-state index is 0.128. The van der Waals surface area contributed by atoms with Crippen LogP contribution in [-0.2, 0) is 4.79 Å². The van der Waals surface area contributed by atoms with Crippen LogP contribution in [0.25, 0.3) is 5.70 Å². The van der Waals surface area contributed by atoms with Gasteiger partial charge in [-0.05, 0) is 86.5 Å². The number of rotatable bonds is 9. The number of anilines is 2. The first-order valence-electron chi connectivity index (χ1n) is 15.7. The van der Waals surface area contributed by atoms with Crippen LogP contribution >= 0.6 is 11.6 Å². The third-order valence-corrected chi connectivity index (χ3v) is 9.22. The van der Waals surface area contributed by atoms with Gasteiger partial charge in [-0.3, -0.25) is 19.7 Å². The first kappa shape index (κ1) is 33.2. The number of hydrogen-bond acceptors (Lipinski definition) is 6. The number of Topliss-reactive ketones (excluding diaryl/α,β-unsaturated/α-hetero) is 1. The Morgan fingerprint density at radius 3 is 2.04 bits per heavy atom. The van der Waals surface area contributed by atoms with Crippen molar-refractivity contribution >= 4 is 46.1 Å². The number of non-ortho nitro benzene ring substituents is 1. The highest BCUT2D eigenvalue weighted by molar-refractivity contribution is 6.31. The lowest BCUT2D eigenvalue weighted by Gasteiger charge is -2.41. The Morgan fingerprint density at radius 1 is 0.857 bits per heavy atom. The molecule has 246 valence electrons. The molecule has 8 nitrogen and oxygen atoms in total. The normalized spacial score (nSPS) is 17.2. The number of halogens is 1. The second-order valence-electron chi connectivity index (χ2n) is 12.3. The molecule has 0 aliphatic carbocycles. The molecule has 9 heteroatoms. The summed E-state index contributed by atoms with van der Waals surface area (Å²) in [5.74, 6) is -0.888. The zero-order valence-corrected chi connectivity index (χ0v) is 28.2. The summed E-state index contributed by atoms with van der Waals surface area (Å²) >= 11 is 6.33. The summed E-state index contributed by atoms with van der Waals surface area (Å²) in [6.45, 7) is 5.80. The van der Waals surface area contributed by atoms with Crippen molar-refractivity contribution in [2.24, 2.45) is 0 Å². The standard InChI is InChI=1S/C40H34ClN3O5/c1-25-8-12-27(13-9-25)36-35(38(45)29-16-18-33(19-17-29)44(47)48)37(28-14-10-26(2)11-15-28)43(32-20-22-34(49-4)23-21-32)40(36,3)39(46)42-31-7-5-6-30(41)24-31/h5-24,36H,1-4H3,(H,42,46)/t36-,40+/m1/s1. The quantitative estimate of drug-likeness (QED) is 0.0953. The average molecular weight is 672 g/mol. The van der Waals surface area contributed by atoms with Gasteiger partial charge in [-0.15, -0.1) is 0 Å². The molecule has 49 heavy (non-hydrogen) atoms. The van der Waals surface area contributed by atoms with E-state index in [2.05, 4.69) is 5.32 Å². The second-order valence-corrected chi connectivity index (χ2v) is 12.7. The number of ketones is 1. The van der Waals surface area contributed by atoms with Crippen molar-refractivity contribution in [1.29, 1.82) is 0 Å². The second kappa shape index (κ2) is 13.4. The Bertz CT molecular complexity index is 2080. The summed E-state index contributed by atoms with van der Waals surface area (Å²) in [4.78, 5) is 42.9. The van der Waals surface area contributed by atoms with Gasteiger partial charge in [0.2, 0.25) is 0 Å². The van der Waals surface area contributed by atoms with Crippen molar-refractivity contribution in [3.8, 4) is 5.75 Å². The molecule has 1 aliphatic rings. The summed E-state index contributed by atoms with van der Waals surface area (Å²) in [6, 6.07) is 35.5. The molecule has 5 aromatic carbocycles. The van der Waals surface area contributed by atoms with Crippen LogP contribution in [0.3, 0.4) is 0 Å².